The summed E-state index contributed by atoms with van der Waals surface area (Å²) in [5.41, 5.74) is 2.13. The van der Waals surface area contributed by atoms with Gasteiger partial charge in [-0.2, -0.15) is 5.10 Å². The lowest BCUT2D eigenvalue weighted by molar-refractivity contribution is 0.0686. The highest BCUT2D eigenvalue weighted by atomic mass is 32.1. The van der Waals surface area contributed by atoms with Gasteiger partial charge in [-0.3, -0.25) is 14.9 Å². The quantitative estimate of drug-likeness (QED) is 0.765. The third kappa shape index (κ3) is 3.35. The first kappa shape index (κ1) is 16.0. The Labute approximate surface area is 150 Å². The predicted octanol–water partition coefficient (Wildman–Crippen LogP) is 4.29. The Morgan fingerprint density at radius 3 is 2.76 bits per heavy atom. The maximum Gasteiger partial charge on any atom is 0.264 e. The van der Waals surface area contributed by atoms with E-state index in [0.717, 1.165) is 41.3 Å². The summed E-state index contributed by atoms with van der Waals surface area (Å²) in [6, 6.07) is 10.0. The molecule has 3 aromatic heterocycles. The van der Waals surface area contributed by atoms with E-state index in [-0.39, 0.29) is 11.9 Å². The molecular weight excluding hydrogens is 332 g/mol. The minimum Gasteiger partial charge on any atom is -0.331 e. The highest BCUT2D eigenvalue weighted by Gasteiger charge is 2.28. The lowest BCUT2D eigenvalue weighted by Gasteiger charge is -2.30. The molecule has 1 N–H and O–H groups in total. The summed E-state index contributed by atoms with van der Waals surface area (Å²) in [6.45, 7) is 0.809. The molecule has 0 spiro atoms. The van der Waals surface area contributed by atoms with Crippen LogP contribution in [-0.4, -0.2) is 32.5 Å². The Balaban J connectivity index is 1.62. The smallest absolute Gasteiger partial charge is 0.264 e. The van der Waals surface area contributed by atoms with E-state index in [1.54, 1.807) is 6.20 Å². The Kier molecular flexibility index (Phi) is 4.61. The molecule has 25 heavy (non-hydrogen) atoms. The molecule has 0 radical (unpaired) electrons. The van der Waals surface area contributed by atoms with Gasteiger partial charge in [0.15, 0.2) is 0 Å². The fourth-order valence-electron chi connectivity index (χ4n) is 3.42. The van der Waals surface area contributed by atoms with Gasteiger partial charge in [0.1, 0.15) is 0 Å². The lowest BCUT2D eigenvalue weighted by Crippen LogP contribution is -2.34. The fraction of sp³-hybridized carbons (Fsp3) is 0.316. The summed E-state index contributed by atoms with van der Waals surface area (Å²) in [5, 5.41) is 6.95. The summed E-state index contributed by atoms with van der Waals surface area (Å²) in [5.74, 6) is 0.125. The largest absolute Gasteiger partial charge is 0.331 e. The molecule has 0 aromatic carbocycles. The molecule has 1 saturated heterocycles. The monoisotopic (exact) mass is 352 g/mol. The average Bonchev–Trinajstić information content (AvgIpc) is 3.29. The number of carbonyl (C=O) groups is 1. The highest BCUT2D eigenvalue weighted by Crippen LogP contribution is 2.33. The fourth-order valence-corrected chi connectivity index (χ4v) is 4.35. The zero-order valence-corrected chi connectivity index (χ0v) is 14.7. The predicted molar refractivity (Wildman–Crippen MR) is 98.4 cm³/mol. The number of thiophene rings is 1. The van der Waals surface area contributed by atoms with Crippen molar-refractivity contribution in [1.82, 2.24) is 20.1 Å². The van der Waals surface area contributed by atoms with Crippen LogP contribution in [0.15, 0.2) is 48.9 Å². The molecule has 1 aliphatic rings. The van der Waals surface area contributed by atoms with E-state index in [9.17, 15) is 4.79 Å². The van der Waals surface area contributed by atoms with Crippen molar-refractivity contribution in [2.45, 2.75) is 31.7 Å². The summed E-state index contributed by atoms with van der Waals surface area (Å²) in [7, 11) is 0. The maximum absolute atomic E-state index is 13.2. The summed E-state index contributed by atoms with van der Waals surface area (Å²) in [4.78, 5) is 21.2. The summed E-state index contributed by atoms with van der Waals surface area (Å²) in [6.07, 6.45) is 9.75. The first-order valence-electron chi connectivity index (χ1n) is 8.63. The van der Waals surface area contributed by atoms with Crippen LogP contribution in [0.2, 0.25) is 0 Å². The number of pyridine rings is 1. The minimum atomic E-state index is 0.125. The second-order valence-electron chi connectivity index (χ2n) is 6.28. The average molecular weight is 352 g/mol. The van der Waals surface area contributed by atoms with Crippen LogP contribution in [0.25, 0.3) is 10.6 Å². The van der Waals surface area contributed by atoms with Gasteiger partial charge in [-0.05, 0) is 48.7 Å². The number of rotatable bonds is 3. The van der Waals surface area contributed by atoms with Gasteiger partial charge >= 0.3 is 0 Å². The van der Waals surface area contributed by atoms with Crippen molar-refractivity contribution in [2.24, 2.45) is 0 Å². The van der Waals surface area contributed by atoms with Gasteiger partial charge in [0.05, 0.1) is 21.5 Å². The number of amides is 1. The number of nitrogens with zero attached hydrogens (tertiary/aromatic N) is 3. The number of hydrogen-bond donors (Lipinski definition) is 1. The number of hydrogen-bond acceptors (Lipinski definition) is 4. The zero-order chi connectivity index (χ0) is 17.1. The van der Waals surface area contributed by atoms with Crippen LogP contribution in [0, 0.1) is 0 Å². The lowest BCUT2D eigenvalue weighted by atomic mass is 10.0. The number of H-pyrrole nitrogens is 1. The molecule has 128 valence electrons. The van der Waals surface area contributed by atoms with Crippen LogP contribution in [0.4, 0.5) is 0 Å². The van der Waals surface area contributed by atoms with Crippen LogP contribution >= 0.6 is 11.3 Å². The maximum atomic E-state index is 13.2. The van der Waals surface area contributed by atoms with E-state index in [1.165, 1.54) is 23.3 Å². The Hall–Kier alpha value is -2.47. The Bertz CT molecular complexity index is 828. The zero-order valence-electron chi connectivity index (χ0n) is 13.9. The molecule has 0 aliphatic carbocycles. The molecule has 1 amide bonds. The minimum absolute atomic E-state index is 0.125. The van der Waals surface area contributed by atoms with Crippen LogP contribution in [0.3, 0.4) is 0 Å². The van der Waals surface area contributed by atoms with Crippen molar-refractivity contribution in [1.29, 1.82) is 0 Å². The molecule has 1 unspecified atom stereocenters. The van der Waals surface area contributed by atoms with E-state index in [0.29, 0.717) is 0 Å². The molecular formula is C19H20N4OS. The number of aromatic nitrogens is 3. The van der Waals surface area contributed by atoms with Crippen molar-refractivity contribution < 1.29 is 4.79 Å². The van der Waals surface area contributed by atoms with Gasteiger partial charge < -0.3 is 4.90 Å². The van der Waals surface area contributed by atoms with Crippen LogP contribution < -0.4 is 0 Å². The first-order valence-corrected chi connectivity index (χ1v) is 9.45. The normalized spacial score (nSPS) is 18.1. The molecule has 6 heteroatoms. The molecule has 5 nitrogen and oxygen atoms in total. The number of aromatic amines is 1. The third-order valence-electron chi connectivity index (χ3n) is 4.69. The SMILES string of the molecule is O=C(c1ccc(-c2ccn[nH]2)s1)N1CCCCCC1c1ccncc1. The van der Waals surface area contributed by atoms with Crippen molar-refractivity contribution >= 4 is 17.2 Å². The van der Waals surface area contributed by atoms with Crippen LogP contribution in [0.5, 0.6) is 0 Å². The molecule has 3 aromatic rings. The summed E-state index contributed by atoms with van der Waals surface area (Å²) < 4.78 is 0. The Morgan fingerprint density at radius 1 is 1.08 bits per heavy atom. The van der Waals surface area contributed by atoms with E-state index < -0.39 is 0 Å². The number of likely N-dealkylation sites (tertiary alicyclic amines) is 1. The van der Waals surface area contributed by atoms with Gasteiger partial charge in [0.2, 0.25) is 0 Å². The number of carbonyl (C=O) groups excluding carboxylic acids is 1. The molecule has 1 aliphatic heterocycles. The molecule has 1 atom stereocenters. The van der Waals surface area contributed by atoms with Crippen LogP contribution in [0.1, 0.15) is 47.0 Å². The van der Waals surface area contributed by atoms with Crippen molar-refractivity contribution in [2.75, 3.05) is 6.54 Å². The molecule has 0 saturated carbocycles. The van der Waals surface area contributed by atoms with Crippen LogP contribution in [-0.2, 0) is 0 Å². The second kappa shape index (κ2) is 7.19. The standard InChI is InChI=1S/C19H20N4OS/c24-19(18-6-5-17(25-18)15-9-12-21-22-15)23-13-3-1-2-4-16(23)14-7-10-20-11-8-14/h5-12,16H,1-4,13H2,(H,21,22). The molecule has 4 heterocycles. The number of nitrogens with one attached hydrogen (secondary N) is 1. The molecule has 0 bridgehead atoms. The van der Waals surface area contributed by atoms with E-state index in [1.807, 2.05) is 47.6 Å². The van der Waals surface area contributed by atoms with Crippen molar-refractivity contribution in [3.63, 3.8) is 0 Å². The third-order valence-corrected chi connectivity index (χ3v) is 5.79. The Morgan fingerprint density at radius 2 is 1.96 bits per heavy atom. The van der Waals surface area contributed by atoms with Crippen molar-refractivity contribution in [3.05, 3.63) is 59.4 Å². The van der Waals surface area contributed by atoms with Gasteiger partial charge in [-0.25, -0.2) is 0 Å². The topological polar surface area (TPSA) is 61.9 Å². The van der Waals surface area contributed by atoms with Gasteiger partial charge in [0.25, 0.3) is 5.91 Å². The molecule has 4 rings (SSSR count). The van der Waals surface area contributed by atoms with E-state index >= 15 is 0 Å². The van der Waals surface area contributed by atoms with Gasteiger partial charge in [0, 0.05) is 25.1 Å². The van der Waals surface area contributed by atoms with Gasteiger partial charge in [-0.1, -0.05) is 12.8 Å². The van der Waals surface area contributed by atoms with Gasteiger partial charge in [-0.15, -0.1) is 11.3 Å². The first-order chi connectivity index (χ1) is 12.3. The molecule has 1 fully saturated rings. The van der Waals surface area contributed by atoms with E-state index in [4.69, 9.17) is 0 Å². The summed E-state index contributed by atoms with van der Waals surface area (Å²) >= 11 is 1.52. The van der Waals surface area contributed by atoms with Crippen molar-refractivity contribution in [3.8, 4) is 10.6 Å². The second-order valence-corrected chi connectivity index (χ2v) is 7.36. The van der Waals surface area contributed by atoms with E-state index in [2.05, 4.69) is 15.2 Å². The highest BCUT2D eigenvalue weighted by molar-refractivity contribution is 7.17.